The van der Waals surface area contributed by atoms with E-state index in [0.717, 1.165) is 0 Å². The van der Waals surface area contributed by atoms with Crippen LogP contribution in [0.1, 0.15) is 13.3 Å². The molecular weight excluding hydrogens is 186 g/mol. The molecule has 0 aromatic heterocycles. The molecule has 2 N–H and O–H groups in total. The molecule has 1 saturated heterocycles. The average Bonchev–Trinajstić information content (AvgIpc) is 2.52. The Kier molecular flexibility index (Phi) is 3.24. The van der Waals surface area contributed by atoms with E-state index in [1.165, 1.54) is 0 Å². The van der Waals surface area contributed by atoms with Crippen LogP contribution in [0, 0.1) is 0 Å². The van der Waals surface area contributed by atoms with Crippen LogP contribution in [0.15, 0.2) is 12.2 Å². The van der Waals surface area contributed by atoms with Crippen LogP contribution in [0.2, 0.25) is 0 Å². The lowest BCUT2D eigenvalue weighted by Gasteiger charge is -2.10. The molecule has 1 aliphatic heterocycles. The highest BCUT2D eigenvalue weighted by molar-refractivity contribution is 5.87. The molecular formula is C9H13NO4. The van der Waals surface area contributed by atoms with E-state index in [2.05, 4.69) is 11.9 Å². The van der Waals surface area contributed by atoms with Crippen LogP contribution in [-0.2, 0) is 14.3 Å². The van der Waals surface area contributed by atoms with Gasteiger partial charge in [0.15, 0.2) is 0 Å². The van der Waals surface area contributed by atoms with E-state index in [4.69, 9.17) is 9.84 Å². The number of carboxylic acid groups (broad SMARTS) is 1. The summed E-state index contributed by atoms with van der Waals surface area (Å²) in [4.78, 5) is 21.6. The van der Waals surface area contributed by atoms with E-state index in [1.54, 1.807) is 6.92 Å². The minimum Gasteiger partial charge on any atom is -0.480 e. The van der Waals surface area contributed by atoms with E-state index in [-0.39, 0.29) is 6.10 Å². The van der Waals surface area contributed by atoms with Gasteiger partial charge in [0.2, 0.25) is 0 Å². The minimum absolute atomic E-state index is 0.314. The highest BCUT2D eigenvalue weighted by atomic mass is 16.5. The first kappa shape index (κ1) is 10.7. The van der Waals surface area contributed by atoms with Crippen molar-refractivity contribution in [2.75, 3.05) is 6.54 Å². The Morgan fingerprint density at radius 3 is 2.64 bits per heavy atom. The maximum Gasteiger partial charge on any atom is 0.333 e. The van der Waals surface area contributed by atoms with E-state index in [1.807, 2.05) is 0 Å². The van der Waals surface area contributed by atoms with E-state index in [9.17, 15) is 9.59 Å². The topological polar surface area (TPSA) is 75.6 Å². The third-order valence-electron chi connectivity index (χ3n) is 2.01. The van der Waals surface area contributed by atoms with Gasteiger partial charge in [0, 0.05) is 18.5 Å². The molecule has 0 spiro atoms. The van der Waals surface area contributed by atoms with Crippen molar-refractivity contribution in [1.82, 2.24) is 5.32 Å². The van der Waals surface area contributed by atoms with Gasteiger partial charge in [-0.05, 0) is 6.92 Å². The van der Waals surface area contributed by atoms with Gasteiger partial charge in [0.05, 0.1) is 0 Å². The van der Waals surface area contributed by atoms with Crippen molar-refractivity contribution in [3.63, 3.8) is 0 Å². The SMILES string of the molecule is C=C(C)C(=O)O[C@@H]1CN[C@H](C(=O)O)C1. The highest BCUT2D eigenvalue weighted by Crippen LogP contribution is 2.11. The zero-order chi connectivity index (χ0) is 10.7. The van der Waals surface area contributed by atoms with Crippen molar-refractivity contribution in [3.05, 3.63) is 12.2 Å². The summed E-state index contributed by atoms with van der Waals surface area (Å²) in [5.41, 5.74) is 0.323. The fourth-order valence-electron chi connectivity index (χ4n) is 1.23. The molecule has 1 fully saturated rings. The summed E-state index contributed by atoms with van der Waals surface area (Å²) in [6, 6.07) is -0.613. The van der Waals surface area contributed by atoms with Crippen LogP contribution in [0.5, 0.6) is 0 Å². The zero-order valence-corrected chi connectivity index (χ0v) is 7.95. The second-order valence-electron chi connectivity index (χ2n) is 3.34. The summed E-state index contributed by atoms with van der Waals surface area (Å²) >= 11 is 0. The lowest BCUT2D eigenvalue weighted by atomic mass is 10.2. The first-order valence-electron chi connectivity index (χ1n) is 4.33. The molecule has 5 nitrogen and oxygen atoms in total. The lowest BCUT2D eigenvalue weighted by molar-refractivity contribution is -0.145. The number of hydrogen-bond donors (Lipinski definition) is 2. The van der Waals surface area contributed by atoms with E-state index < -0.39 is 18.0 Å². The molecule has 1 heterocycles. The third kappa shape index (κ3) is 2.56. The number of esters is 1. The van der Waals surface area contributed by atoms with Crippen LogP contribution in [-0.4, -0.2) is 35.7 Å². The number of rotatable bonds is 3. The second-order valence-corrected chi connectivity index (χ2v) is 3.34. The van der Waals surface area contributed by atoms with Gasteiger partial charge in [-0.1, -0.05) is 6.58 Å². The fraction of sp³-hybridized carbons (Fsp3) is 0.556. The Bertz CT molecular complexity index is 274. The van der Waals surface area contributed by atoms with E-state index in [0.29, 0.717) is 18.5 Å². The lowest BCUT2D eigenvalue weighted by Crippen LogP contribution is -2.30. The van der Waals surface area contributed by atoms with Gasteiger partial charge in [0.25, 0.3) is 0 Å². The summed E-state index contributed by atoms with van der Waals surface area (Å²) in [5.74, 6) is -1.39. The zero-order valence-electron chi connectivity index (χ0n) is 7.95. The predicted molar refractivity (Wildman–Crippen MR) is 48.7 cm³/mol. The number of carbonyl (C=O) groups is 2. The van der Waals surface area contributed by atoms with E-state index >= 15 is 0 Å². The fourth-order valence-corrected chi connectivity index (χ4v) is 1.23. The predicted octanol–water partition coefficient (Wildman–Crippen LogP) is -0.0792. The monoisotopic (exact) mass is 199 g/mol. The summed E-state index contributed by atoms with van der Waals surface area (Å²) in [6.45, 7) is 5.38. The van der Waals surface area contributed by atoms with Crippen molar-refractivity contribution in [1.29, 1.82) is 0 Å². The van der Waals surface area contributed by atoms with Gasteiger partial charge in [-0.2, -0.15) is 0 Å². The quantitative estimate of drug-likeness (QED) is 0.491. The van der Waals surface area contributed by atoms with Crippen molar-refractivity contribution in [2.24, 2.45) is 0 Å². The molecule has 0 aliphatic carbocycles. The van der Waals surface area contributed by atoms with Crippen LogP contribution < -0.4 is 5.32 Å². The van der Waals surface area contributed by atoms with Crippen LogP contribution >= 0.6 is 0 Å². The minimum atomic E-state index is -0.918. The van der Waals surface area contributed by atoms with Crippen molar-refractivity contribution < 1.29 is 19.4 Å². The van der Waals surface area contributed by atoms with Crippen molar-refractivity contribution in [3.8, 4) is 0 Å². The molecule has 1 aliphatic rings. The first-order valence-corrected chi connectivity index (χ1v) is 4.33. The maximum absolute atomic E-state index is 11.1. The molecule has 78 valence electrons. The molecule has 0 saturated carbocycles. The van der Waals surface area contributed by atoms with Crippen LogP contribution in [0.4, 0.5) is 0 Å². The average molecular weight is 199 g/mol. The summed E-state index contributed by atoms with van der Waals surface area (Å²) in [7, 11) is 0. The third-order valence-corrected chi connectivity index (χ3v) is 2.01. The summed E-state index contributed by atoms with van der Waals surface area (Å²) < 4.78 is 4.99. The summed E-state index contributed by atoms with van der Waals surface area (Å²) in [5, 5.41) is 11.4. The summed E-state index contributed by atoms with van der Waals surface area (Å²) in [6.07, 6.45) is -0.0470. The Labute approximate surface area is 81.7 Å². The number of ether oxygens (including phenoxy) is 1. The number of hydrogen-bond acceptors (Lipinski definition) is 4. The number of carboxylic acids is 1. The molecule has 0 unspecified atom stereocenters. The molecule has 0 amide bonds. The largest absolute Gasteiger partial charge is 0.480 e. The normalized spacial score (nSPS) is 25.8. The van der Waals surface area contributed by atoms with Crippen molar-refractivity contribution in [2.45, 2.75) is 25.5 Å². The number of carbonyl (C=O) groups excluding carboxylic acids is 1. The molecule has 0 aromatic rings. The van der Waals surface area contributed by atoms with Gasteiger partial charge in [-0.3, -0.25) is 4.79 Å². The molecule has 0 radical (unpaired) electrons. The van der Waals surface area contributed by atoms with Gasteiger partial charge in [-0.15, -0.1) is 0 Å². The highest BCUT2D eigenvalue weighted by Gasteiger charge is 2.31. The van der Waals surface area contributed by atoms with Gasteiger partial charge < -0.3 is 15.2 Å². The maximum atomic E-state index is 11.1. The van der Waals surface area contributed by atoms with Gasteiger partial charge in [0.1, 0.15) is 12.1 Å². The Morgan fingerprint density at radius 2 is 2.21 bits per heavy atom. The molecule has 0 bridgehead atoms. The smallest absolute Gasteiger partial charge is 0.333 e. The molecule has 5 heteroatoms. The Balaban J connectivity index is 2.40. The molecule has 0 aromatic carbocycles. The molecule has 1 rings (SSSR count). The van der Waals surface area contributed by atoms with Crippen LogP contribution in [0.25, 0.3) is 0 Å². The Hall–Kier alpha value is -1.36. The Morgan fingerprint density at radius 1 is 1.57 bits per heavy atom. The van der Waals surface area contributed by atoms with Gasteiger partial charge >= 0.3 is 11.9 Å². The standard InChI is InChI=1S/C9H13NO4/c1-5(2)9(13)14-6-3-7(8(11)12)10-4-6/h6-7,10H,1,3-4H2,2H3,(H,11,12)/t6-,7-/m0/s1. The van der Waals surface area contributed by atoms with Crippen molar-refractivity contribution >= 4 is 11.9 Å². The first-order chi connectivity index (χ1) is 6.50. The van der Waals surface area contributed by atoms with Crippen LogP contribution in [0.3, 0.4) is 0 Å². The number of aliphatic carboxylic acids is 1. The molecule has 2 atom stereocenters. The second kappa shape index (κ2) is 4.23. The van der Waals surface area contributed by atoms with Gasteiger partial charge in [-0.25, -0.2) is 4.79 Å². The number of nitrogens with one attached hydrogen (secondary N) is 1. The molecule has 14 heavy (non-hydrogen) atoms.